The Morgan fingerprint density at radius 2 is 1.33 bits per heavy atom. The van der Waals surface area contributed by atoms with Crippen molar-refractivity contribution in [3.63, 3.8) is 0 Å². The molecule has 0 saturated heterocycles. The molecule has 2 aromatic rings. The standard InChI is InChI=1S/C14H17NO4.C14H19NO2/c1-10(2)19-14-12(11-6-8-18-9-7-11)4-3-5-13(14)15(16)17;1-10(2)17-14-12(4-3-5-13(14)15)11-6-8-16-9-7-11/h3-6,10H,7-9H2,1-2H3;3-6,10H,7-9,15H2,1-2H3. The zero-order valence-electron chi connectivity index (χ0n) is 21.5. The summed E-state index contributed by atoms with van der Waals surface area (Å²) in [5, 5.41) is 11.1. The van der Waals surface area contributed by atoms with E-state index < -0.39 is 4.92 Å². The first-order valence-electron chi connectivity index (χ1n) is 12.3. The number of nitro benzene ring substituents is 1. The Bertz CT molecular complexity index is 1110. The van der Waals surface area contributed by atoms with Crippen LogP contribution in [0.2, 0.25) is 0 Å². The Kier molecular flexibility index (Phi) is 9.90. The van der Waals surface area contributed by atoms with E-state index in [0.29, 0.717) is 31.3 Å². The summed E-state index contributed by atoms with van der Waals surface area (Å²) in [5.74, 6) is 1.16. The van der Waals surface area contributed by atoms with E-state index in [1.54, 1.807) is 6.07 Å². The Morgan fingerprint density at radius 1 is 0.833 bits per heavy atom. The van der Waals surface area contributed by atoms with E-state index in [0.717, 1.165) is 41.9 Å². The molecule has 2 heterocycles. The van der Waals surface area contributed by atoms with Crippen LogP contribution in [0.25, 0.3) is 11.1 Å². The second-order valence-corrected chi connectivity index (χ2v) is 9.08. The molecule has 0 saturated carbocycles. The number of nitrogens with two attached hydrogens (primary N) is 1. The van der Waals surface area contributed by atoms with Gasteiger partial charge in [0.1, 0.15) is 5.75 Å². The van der Waals surface area contributed by atoms with Crippen molar-refractivity contribution < 1.29 is 23.9 Å². The normalized spacial score (nSPS) is 15.5. The number of nitrogen functional groups attached to an aromatic ring is 1. The topological polar surface area (TPSA) is 106 Å². The van der Waals surface area contributed by atoms with Gasteiger partial charge in [0.2, 0.25) is 5.75 Å². The van der Waals surface area contributed by atoms with E-state index in [4.69, 9.17) is 24.7 Å². The van der Waals surface area contributed by atoms with Gasteiger partial charge in [-0.15, -0.1) is 0 Å². The smallest absolute Gasteiger partial charge is 0.311 e. The predicted molar refractivity (Wildman–Crippen MR) is 142 cm³/mol. The number of anilines is 1. The summed E-state index contributed by atoms with van der Waals surface area (Å²) >= 11 is 0. The van der Waals surface area contributed by atoms with E-state index in [1.165, 1.54) is 11.6 Å². The first-order valence-corrected chi connectivity index (χ1v) is 12.3. The third-order valence-corrected chi connectivity index (χ3v) is 5.56. The van der Waals surface area contributed by atoms with Crippen molar-refractivity contribution in [3.05, 3.63) is 69.8 Å². The third-order valence-electron chi connectivity index (χ3n) is 5.56. The molecule has 2 N–H and O–H groups in total. The zero-order valence-corrected chi connectivity index (χ0v) is 21.5. The molecule has 0 fully saturated rings. The lowest BCUT2D eigenvalue weighted by Crippen LogP contribution is -2.11. The number of nitro groups is 1. The van der Waals surface area contributed by atoms with Crippen molar-refractivity contribution in [1.82, 2.24) is 0 Å². The number of nitrogens with zero attached hydrogens (tertiary/aromatic N) is 1. The first-order chi connectivity index (χ1) is 17.3. The minimum atomic E-state index is -0.402. The van der Waals surface area contributed by atoms with Gasteiger partial charge >= 0.3 is 5.69 Å². The molecular weight excluding hydrogens is 460 g/mol. The Labute approximate surface area is 212 Å². The van der Waals surface area contributed by atoms with Gasteiger partial charge < -0.3 is 24.7 Å². The molecule has 0 spiro atoms. The lowest BCUT2D eigenvalue weighted by Gasteiger charge is -2.20. The molecule has 2 aliphatic heterocycles. The summed E-state index contributed by atoms with van der Waals surface area (Å²) < 4.78 is 22.1. The van der Waals surface area contributed by atoms with Crippen molar-refractivity contribution in [2.45, 2.75) is 52.7 Å². The van der Waals surface area contributed by atoms with Crippen LogP contribution in [0.5, 0.6) is 11.5 Å². The van der Waals surface area contributed by atoms with Crippen molar-refractivity contribution >= 4 is 22.5 Å². The fourth-order valence-electron chi connectivity index (χ4n) is 4.00. The van der Waals surface area contributed by atoms with Gasteiger partial charge in [-0.1, -0.05) is 36.4 Å². The van der Waals surface area contributed by atoms with Crippen LogP contribution in [-0.2, 0) is 9.47 Å². The maximum absolute atomic E-state index is 11.1. The van der Waals surface area contributed by atoms with Crippen LogP contribution in [-0.4, -0.2) is 43.6 Å². The molecule has 0 unspecified atom stereocenters. The van der Waals surface area contributed by atoms with Crippen LogP contribution in [0, 0.1) is 10.1 Å². The number of hydrogen-bond donors (Lipinski definition) is 1. The van der Waals surface area contributed by atoms with Gasteiger partial charge in [0.05, 0.1) is 49.2 Å². The Hall–Kier alpha value is -3.36. The molecular formula is C28H36N2O6. The van der Waals surface area contributed by atoms with Crippen LogP contribution in [0.3, 0.4) is 0 Å². The lowest BCUT2D eigenvalue weighted by molar-refractivity contribution is -0.386. The summed E-state index contributed by atoms with van der Waals surface area (Å²) in [6, 6.07) is 10.9. The van der Waals surface area contributed by atoms with Crippen molar-refractivity contribution in [2.24, 2.45) is 0 Å². The Morgan fingerprint density at radius 3 is 1.81 bits per heavy atom. The molecule has 0 atom stereocenters. The average Bonchev–Trinajstić information content (AvgIpc) is 2.86. The number of para-hydroxylation sites is 2. The summed E-state index contributed by atoms with van der Waals surface area (Å²) in [5.41, 5.74) is 10.9. The molecule has 0 aliphatic carbocycles. The number of hydrogen-bond acceptors (Lipinski definition) is 7. The van der Waals surface area contributed by atoms with E-state index in [9.17, 15) is 10.1 Å². The summed E-state index contributed by atoms with van der Waals surface area (Å²) in [4.78, 5) is 10.7. The Balaban J connectivity index is 0.000000202. The second kappa shape index (κ2) is 13.1. The molecule has 194 valence electrons. The molecule has 0 radical (unpaired) electrons. The lowest BCUT2D eigenvalue weighted by atomic mass is 9.99. The minimum Gasteiger partial charge on any atom is -0.488 e. The number of rotatable bonds is 7. The molecule has 36 heavy (non-hydrogen) atoms. The molecule has 2 aliphatic rings. The highest BCUT2D eigenvalue weighted by Gasteiger charge is 2.22. The van der Waals surface area contributed by atoms with Crippen molar-refractivity contribution in [3.8, 4) is 11.5 Å². The fourth-order valence-corrected chi connectivity index (χ4v) is 4.00. The van der Waals surface area contributed by atoms with Crippen molar-refractivity contribution in [2.75, 3.05) is 32.2 Å². The predicted octanol–water partition coefficient (Wildman–Crippen LogP) is 6.05. The molecule has 0 aromatic heterocycles. The maximum atomic E-state index is 11.1. The highest BCUT2D eigenvalue weighted by atomic mass is 16.6. The van der Waals surface area contributed by atoms with Crippen LogP contribution >= 0.6 is 0 Å². The minimum absolute atomic E-state index is 0.0126. The monoisotopic (exact) mass is 496 g/mol. The van der Waals surface area contributed by atoms with Gasteiger partial charge in [-0.05, 0) is 57.7 Å². The maximum Gasteiger partial charge on any atom is 0.311 e. The molecule has 2 aromatic carbocycles. The van der Waals surface area contributed by atoms with Gasteiger partial charge in [0, 0.05) is 17.2 Å². The van der Waals surface area contributed by atoms with E-state index in [2.05, 4.69) is 12.1 Å². The third kappa shape index (κ3) is 7.32. The molecule has 0 bridgehead atoms. The molecule has 0 amide bonds. The largest absolute Gasteiger partial charge is 0.488 e. The SMILES string of the molecule is CC(C)Oc1c(C2=CCOCC2)cccc1[N+](=O)[O-].CC(C)Oc1c(N)cccc1C1=CCOCC1. The molecule has 8 heteroatoms. The quantitative estimate of drug-likeness (QED) is 0.283. The van der Waals surface area contributed by atoms with Gasteiger partial charge in [0.25, 0.3) is 0 Å². The number of ether oxygens (including phenoxy) is 4. The molecule has 8 nitrogen and oxygen atoms in total. The van der Waals surface area contributed by atoms with Crippen LogP contribution in [0.15, 0.2) is 48.6 Å². The fraction of sp³-hybridized carbons (Fsp3) is 0.429. The van der Waals surface area contributed by atoms with E-state index >= 15 is 0 Å². The van der Waals surface area contributed by atoms with Crippen LogP contribution < -0.4 is 15.2 Å². The van der Waals surface area contributed by atoms with E-state index in [-0.39, 0.29) is 17.9 Å². The van der Waals surface area contributed by atoms with Gasteiger partial charge in [-0.25, -0.2) is 0 Å². The summed E-state index contributed by atoms with van der Waals surface area (Å²) in [7, 11) is 0. The average molecular weight is 497 g/mol. The number of benzene rings is 2. The van der Waals surface area contributed by atoms with Gasteiger partial charge in [-0.2, -0.15) is 0 Å². The summed E-state index contributed by atoms with van der Waals surface area (Å²) in [6.07, 6.45) is 5.73. The molecule has 4 rings (SSSR count). The second-order valence-electron chi connectivity index (χ2n) is 9.08. The van der Waals surface area contributed by atoms with E-state index in [1.807, 2.05) is 52.0 Å². The first kappa shape index (κ1) is 27.2. The van der Waals surface area contributed by atoms with Crippen LogP contribution in [0.4, 0.5) is 11.4 Å². The highest BCUT2D eigenvalue weighted by molar-refractivity contribution is 5.76. The van der Waals surface area contributed by atoms with Crippen LogP contribution in [0.1, 0.15) is 51.7 Å². The highest BCUT2D eigenvalue weighted by Crippen LogP contribution is 2.38. The zero-order chi connectivity index (χ0) is 26.1. The van der Waals surface area contributed by atoms with Crippen molar-refractivity contribution in [1.29, 1.82) is 0 Å². The van der Waals surface area contributed by atoms with Gasteiger partial charge in [-0.3, -0.25) is 10.1 Å². The summed E-state index contributed by atoms with van der Waals surface area (Å²) in [6.45, 7) is 10.3. The van der Waals surface area contributed by atoms with Gasteiger partial charge in [0.15, 0.2) is 0 Å².